The number of aliphatic hydroxyl groups is 2. The average Bonchev–Trinajstić information content (AvgIpc) is 2.58. The number of ether oxygens (including phenoxy) is 1. The van der Waals surface area contributed by atoms with Crippen LogP contribution in [0.4, 0.5) is 5.82 Å². The highest BCUT2D eigenvalue weighted by molar-refractivity contribution is 5.35. The molecule has 2 heterocycles. The van der Waals surface area contributed by atoms with Gasteiger partial charge < -0.3 is 20.3 Å². The highest BCUT2D eigenvalue weighted by Gasteiger charge is 2.33. The molecule has 1 aromatic rings. The first-order valence-electron chi connectivity index (χ1n) is 5.18. The van der Waals surface area contributed by atoms with Gasteiger partial charge in [-0.15, -0.1) is 0 Å². The molecule has 88 valence electrons. The fraction of sp³-hybridized carbons (Fsp3) is 0.600. The molecule has 3 N–H and O–H groups in total. The summed E-state index contributed by atoms with van der Waals surface area (Å²) in [4.78, 5) is 8.01. The number of aromatic nitrogens is 2. The average molecular weight is 225 g/mol. The van der Waals surface area contributed by atoms with Crippen LogP contribution in [0.5, 0.6) is 0 Å². The molecule has 0 aromatic carbocycles. The van der Waals surface area contributed by atoms with Gasteiger partial charge in [0, 0.05) is 18.2 Å². The van der Waals surface area contributed by atoms with E-state index in [4.69, 9.17) is 9.84 Å². The number of anilines is 1. The molecule has 0 amide bonds. The van der Waals surface area contributed by atoms with Crippen LogP contribution in [0.2, 0.25) is 0 Å². The summed E-state index contributed by atoms with van der Waals surface area (Å²) in [7, 11) is 0. The minimum Gasteiger partial charge on any atom is -0.394 e. The lowest BCUT2D eigenvalue weighted by Gasteiger charge is -2.14. The molecule has 6 heteroatoms. The van der Waals surface area contributed by atoms with E-state index in [1.807, 2.05) is 6.92 Å². The quantitative estimate of drug-likeness (QED) is 0.652. The molecule has 3 atom stereocenters. The molecule has 1 fully saturated rings. The van der Waals surface area contributed by atoms with Gasteiger partial charge in [-0.1, -0.05) is 0 Å². The second-order valence-electron chi connectivity index (χ2n) is 3.84. The molecule has 1 aromatic heterocycles. The van der Waals surface area contributed by atoms with Gasteiger partial charge >= 0.3 is 0 Å². The van der Waals surface area contributed by atoms with Crippen molar-refractivity contribution in [1.82, 2.24) is 9.97 Å². The van der Waals surface area contributed by atoms with E-state index in [0.717, 1.165) is 5.69 Å². The van der Waals surface area contributed by atoms with Crippen LogP contribution in [0.25, 0.3) is 0 Å². The van der Waals surface area contributed by atoms with Gasteiger partial charge in [-0.05, 0) is 6.92 Å². The number of aryl methyl sites for hydroxylation is 1. The Balaban J connectivity index is 1.96. The van der Waals surface area contributed by atoms with Crippen molar-refractivity contribution in [3.05, 3.63) is 18.1 Å². The molecule has 1 aliphatic heterocycles. The maximum atomic E-state index is 9.53. The van der Waals surface area contributed by atoms with Gasteiger partial charge in [0.05, 0.1) is 12.7 Å². The van der Waals surface area contributed by atoms with E-state index < -0.39 is 12.2 Å². The SMILES string of the molecule is Cc1cc(N[C@H]2C[C@H](O)[C@@H](CO)O2)ncn1. The van der Waals surface area contributed by atoms with Crippen LogP contribution in [-0.4, -0.2) is 45.2 Å². The molecule has 1 aliphatic rings. The predicted octanol–water partition coefficient (Wildman–Crippen LogP) is -0.335. The molecule has 1 saturated heterocycles. The number of rotatable bonds is 3. The summed E-state index contributed by atoms with van der Waals surface area (Å²) in [6, 6.07) is 1.79. The van der Waals surface area contributed by atoms with Crippen LogP contribution in [0.1, 0.15) is 12.1 Å². The topological polar surface area (TPSA) is 87.5 Å². The van der Waals surface area contributed by atoms with E-state index in [1.54, 1.807) is 6.07 Å². The monoisotopic (exact) mass is 225 g/mol. The van der Waals surface area contributed by atoms with E-state index in [2.05, 4.69) is 15.3 Å². The van der Waals surface area contributed by atoms with Crippen molar-refractivity contribution in [2.45, 2.75) is 31.8 Å². The van der Waals surface area contributed by atoms with Crippen LogP contribution in [0, 0.1) is 6.92 Å². The Bertz CT molecular complexity index is 361. The minimum atomic E-state index is -0.634. The van der Waals surface area contributed by atoms with Crippen molar-refractivity contribution in [3.8, 4) is 0 Å². The van der Waals surface area contributed by atoms with Gasteiger partial charge in [0.1, 0.15) is 24.5 Å². The highest BCUT2D eigenvalue weighted by Crippen LogP contribution is 2.21. The third-order valence-electron chi connectivity index (χ3n) is 2.52. The van der Waals surface area contributed by atoms with E-state index in [1.165, 1.54) is 6.33 Å². The first-order chi connectivity index (χ1) is 7.69. The van der Waals surface area contributed by atoms with Gasteiger partial charge in [0.15, 0.2) is 0 Å². The molecule has 0 radical (unpaired) electrons. The van der Waals surface area contributed by atoms with Gasteiger partial charge in [-0.3, -0.25) is 0 Å². The Kier molecular flexibility index (Phi) is 3.33. The van der Waals surface area contributed by atoms with Crippen LogP contribution in [0.15, 0.2) is 12.4 Å². The van der Waals surface area contributed by atoms with Gasteiger partial charge in [-0.25, -0.2) is 9.97 Å². The van der Waals surface area contributed by atoms with Crippen molar-refractivity contribution in [2.24, 2.45) is 0 Å². The molecular formula is C10H15N3O3. The van der Waals surface area contributed by atoms with Crippen LogP contribution >= 0.6 is 0 Å². The number of nitrogens with one attached hydrogen (secondary N) is 1. The van der Waals surface area contributed by atoms with Crippen LogP contribution in [-0.2, 0) is 4.74 Å². The minimum absolute atomic E-state index is 0.178. The number of aliphatic hydroxyl groups excluding tert-OH is 2. The molecular weight excluding hydrogens is 210 g/mol. The second-order valence-corrected chi connectivity index (χ2v) is 3.84. The smallest absolute Gasteiger partial charge is 0.132 e. The fourth-order valence-corrected chi connectivity index (χ4v) is 1.68. The van der Waals surface area contributed by atoms with Crippen molar-refractivity contribution in [2.75, 3.05) is 11.9 Å². The standard InChI is InChI=1S/C10H15N3O3/c1-6-2-9(12-5-11-6)13-10-3-7(15)8(4-14)16-10/h2,5,7-8,10,14-15H,3-4H2,1H3,(H,11,12,13)/t7-,8+,10+/m0/s1. The summed E-state index contributed by atoms with van der Waals surface area (Å²) in [5.41, 5.74) is 0.856. The Morgan fingerprint density at radius 1 is 1.56 bits per heavy atom. The zero-order chi connectivity index (χ0) is 11.5. The van der Waals surface area contributed by atoms with E-state index >= 15 is 0 Å². The number of hydrogen-bond donors (Lipinski definition) is 3. The maximum absolute atomic E-state index is 9.53. The Morgan fingerprint density at radius 3 is 3.00 bits per heavy atom. The molecule has 0 aliphatic carbocycles. The predicted molar refractivity (Wildman–Crippen MR) is 56.8 cm³/mol. The van der Waals surface area contributed by atoms with Crippen molar-refractivity contribution < 1.29 is 14.9 Å². The van der Waals surface area contributed by atoms with Crippen molar-refractivity contribution >= 4 is 5.82 Å². The van der Waals surface area contributed by atoms with Crippen LogP contribution in [0.3, 0.4) is 0 Å². The summed E-state index contributed by atoms with van der Waals surface area (Å²) >= 11 is 0. The molecule has 6 nitrogen and oxygen atoms in total. The zero-order valence-corrected chi connectivity index (χ0v) is 9.00. The summed E-state index contributed by atoms with van der Waals surface area (Å²) in [6.45, 7) is 1.69. The first kappa shape index (κ1) is 11.3. The maximum Gasteiger partial charge on any atom is 0.132 e. The summed E-state index contributed by atoms with van der Waals surface area (Å²) < 4.78 is 5.40. The van der Waals surface area contributed by atoms with E-state index in [0.29, 0.717) is 12.2 Å². The van der Waals surface area contributed by atoms with Crippen LogP contribution < -0.4 is 5.32 Å². The lowest BCUT2D eigenvalue weighted by molar-refractivity contribution is -0.0149. The largest absolute Gasteiger partial charge is 0.394 e. The first-order valence-corrected chi connectivity index (χ1v) is 5.18. The Labute approximate surface area is 93.3 Å². The van der Waals surface area contributed by atoms with Gasteiger partial charge in [-0.2, -0.15) is 0 Å². The van der Waals surface area contributed by atoms with E-state index in [9.17, 15) is 5.11 Å². The Hall–Kier alpha value is -1.24. The third kappa shape index (κ3) is 2.46. The van der Waals surface area contributed by atoms with Gasteiger partial charge in [0.2, 0.25) is 0 Å². The highest BCUT2D eigenvalue weighted by atomic mass is 16.5. The van der Waals surface area contributed by atoms with E-state index in [-0.39, 0.29) is 12.8 Å². The molecule has 0 spiro atoms. The normalized spacial score (nSPS) is 29.3. The fourth-order valence-electron chi connectivity index (χ4n) is 1.68. The molecule has 16 heavy (non-hydrogen) atoms. The lowest BCUT2D eigenvalue weighted by Crippen LogP contribution is -2.25. The Morgan fingerprint density at radius 2 is 2.38 bits per heavy atom. The summed E-state index contributed by atoms with van der Waals surface area (Å²) in [5, 5.41) is 21.5. The van der Waals surface area contributed by atoms with Crippen molar-refractivity contribution in [3.63, 3.8) is 0 Å². The molecule has 0 saturated carbocycles. The summed E-state index contributed by atoms with van der Waals surface area (Å²) in [6.07, 6.45) is 0.438. The number of nitrogens with zero attached hydrogens (tertiary/aromatic N) is 2. The lowest BCUT2D eigenvalue weighted by atomic mass is 10.2. The second kappa shape index (κ2) is 4.73. The summed E-state index contributed by atoms with van der Waals surface area (Å²) in [5.74, 6) is 0.656. The third-order valence-corrected chi connectivity index (χ3v) is 2.52. The molecule has 0 unspecified atom stereocenters. The van der Waals surface area contributed by atoms with Gasteiger partial charge in [0.25, 0.3) is 0 Å². The number of hydrogen-bond acceptors (Lipinski definition) is 6. The molecule has 0 bridgehead atoms. The van der Waals surface area contributed by atoms with Crippen molar-refractivity contribution in [1.29, 1.82) is 0 Å². The molecule has 2 rings (SSSR count). The zero-order valence-electron chi connectivity index (χ0n) is 9.00.